The van der Waals surface area contributed by atoms with E-state index >= 15 is 0 Å². The summed E-state index contributed by atoms with van der Waals surface area (Å²) in [6, 6.07) is -1.09. The van der Waals surface area contributed by atoms with Gasteiger partial charge in [0, 0.05) is 7.11 Å². The molecule has 108 valence electrons. The van der Waals surface area contributed by atoms with Gasteiger partial charge in [-0.25, -0.2) is 13.1 Å². The average Bonchev–Trinajstić information content (AvgIpc) is 2.31. The van der Waals surface area contributed by atoms with Crippen LogP contribution in [0.15, 0.2) is 0 Å². The van der Waals surface area contributed by atoms with Crippen LogP contribution >= 0.6 is 0 Å². The molecule has 0 aromatic heterocycles. The fourth-order valence-electron chi connectivity index (χ4n) is 1.48. The summed E-state index contributed by atoms with van der Waals surface area (Å²) >= 11 is 0. The molecule has 0 aliphatic heterocycles. The molecule has 0 aliphatic carbocycles. The molecule has 3 atom stereocenters. The van der Waals surface area contributed by atoms with Crippen LogP contribution in [0.25, 0.3) is 0 Å². The Morgan fingerprint density at radius 1 is 1.33 bits per heavy atom. The Morgan fingerprint density at radius 3 is 2.22 bits per heavy atom. The molecule has 0 saturated heterocycles. The molecular formula is C11H23NO5S. The Morgan fingerprint density at radius 2 is 1.89 bits per heavy atom. The van der Waals surface area contributed by atoms with Gasteiger partial charge in [0.15, 0.2) is 0 Å². The maximum absolute atomic E-state index is 11.8. The number of methoxy groups -OCH3 is 1. The topological polar surface area (TPSA) is 92.7 Å². The zero-order valence-electron chi connectivity index (χ0n) is 11.3. The molecule has 7 heteroatoms. The van der Waals surface area contributed by atoms with E-state index in [2.05, 4.69) is 4.72 Å². The second-order valence-corrected chi connectivity index (χ2v) is 6.17. The van der Waals surface area contributed by atoms with Crippen molar-refractivity contribution in [1.29, 1.82) is 0 Å². The van der Waals surface area contributed by atoms with Crippen molar-refractivity contribution >= 4 is 16.0 Å². The van der Waals surface area contributed by atoms with Crippen LogP contribution in [0.2, 0.25) is 0 Å². The maximum Gasteiger partial charge on any atom is 0.322 e. The van der Waals surface area contributed by atoms with Gasteiger partial charge >= 0.3 is 5.97 Å². The van der Waals surface area contributed by atoms with E-state index in [1.807, 2.05) is 13.8 Å². The number of aliphatic carboxylic acids is 1. The van der Waals surface area contributed by atoms with Gasteiger partial charge in [-0.2, -0.15) is 0 Å². The van der Waals surface area contributed by atoms with Gasteiger partial charge in [-0.1, -0.05) is 27.2 Å². The number of hydrogen-bond acceptors (Lipinski definition) is 4. The SMILES string of the molecule is CCC(CS(=O)(=O)N[C@H](C(=O)O)[C@@H](C)CC)OC. The first kappa shape index (κ1) is 17.3. The van der Waals surface area contributed by atoms with Gasteiger partial charge < -0.3 is 9.84 Å². The summed E-state index contributed by atoms with van der Waals surface area (Å²) < 4.78 is 30.9. The monoisotopic (exact) mass is 281 g/mol. The van der Waals surface area contributed by atoms with Crippen molar-refractivity contribution in [3.05, 3.63) is 0 Å². The van der Waals surface area contributed by atoms with E-state index in [9.17, 15) is 13.2 Å². The van der Waals surface area contributed by atoms with E-state index in [0.29, 0.717) is 12.8 Å². The Kier molecular flexibility index (Phi) is 7.42. The number of hydrogen-bond donors (Lipinski definition) is 2. The summed E-state index contributed by atoms with van der Waals surface area (Å²) in [6.07, 6.45) is 0.716. The van der Waals surface area contributed by atoms with Gasteiger partial charge in [0.05, 0.1) is 11.9 Å². The molecule has 0 radical (unpaired) electrons. The van der Waals surface area contributed by atoms with Crippen molar-refractivity contribution in [2.24, 2.45) is 5.92 Å². The molecule has 0 aromatic carbocycles. The summed E-state index contributed by atoms with van der Waals surface area (Å²) in [5.74, 6) is -1.64. The standard InChI is InChI=1S/C11H23NO5S/c1-5-8(3)10(11(13)14)12-18(15,16)7-9(6-2)17-4/h8-10,12H,5-7H2,1-4H3,(H,13,14)/t8-,9?,10-/m0/s1. The largest absolute Gasteiger partial charge is 0.480 e. The molecule has 0 spiro atoms. The van der Waals surface area contributed by atoms with Crippen LogP contribution in [-0.4, -0.2) is 44.5 Å². The predicted octanol–water partition coefficient (Wildman–Crippen LogP) is 0.830. The second-order valence-electron chi connectivity index (χ2n) is 4.37. The smallest absolute Gasteiger partial charge is 0.322 e. The quantitative estimate of drug-likeness (QED) is 0.653. The molecule has 0 rings (SSSR count). The first-order valence-corrected chi connectivity index (χ1v) is 7.68. The number of ether oxygens (including phenoxy) is 1. The van der Waals surface area contributed by atoms with Crippen molar-refractivity contribution in [3.63, 3.8) is 0 Å². The molecule has 0 fully saturated rings. The number of carboxylic acids is 1. The molecule has 1 unspecified atom stereocenters. The molecule has 0 amide bonds. The Labute approximate surface area is 109 Å². The maximum atomic E-state index is 11.8. The Balaban J connectivity index is 4.76. The fourth-order valence-corrected chi connectivity index (χ4v) is 3.16. The lowest BCUT2D eigenvalue weighted by Gasteiger charge is -2.21. The highest BCUT2D eigenvalue weighted by molar-refractivity contribution is 7.89. The van der Waals surface area contributed by atoms with Gasteiger partial charge in [-0.05, 0) is 12.3 Å². The molecule has 18 heavy (non-hydrogen) atoms. The van der Waals surface area contributed by atoms with Crippen molar-refractivity contribution < 1.29 is 23.1 Å². The van der Waals surface area contributed by atoms with E-state index in [-0.39, 0.29) is 11.7 Å². The van der Waals surface area contributed by atoms with E-state index in [0.717, 1.165) is 0 Å². The van der Waals surface area contributed by atoms with Crippen LogP contribution < -0.4 is 4.72 Å². The predicted molar refractivity (Wildman–Crippen MR) is 68.9 cm³/mol. The molecule has 0 heterocycles. The fraction of sp³-hybridized carbons (Fsp3) is 0.909. The van der Waals surface area contributed by atoms with Crippen LogP contribution in [0.3, 0.4) is 0 Å². The van der Waals surface area contributed by atoms with Crippen LogP contribution in [-0.2, 0) is 19.6 Å². The molecule has 2 N–H and O–H groups in total. The summed E-state index contributed by atoms with van der Waals surface area (Å²) in [7, 11) is -2.22. The van der Waals surface area contributed by atoms with Gasteiger partial charge in [0.25, 0.3) is 0 Å². The molecule has 0 aromatic rings. The average molecular weight is 281 g/mol. The van der Waals surface area contributed by atoms with Gasteiger partial charge in [0.2, 0.25) is 10.0 Å². The van der Waals surface area contributed by atoms with Crippen molar-refractivity contribution in [2.75, 3.05) is 12.9 Å². The second kappa shape index (κ2) is 7.70. The zero-order chi connectivity index (χ0) is 14.3. The number of sulfonamides is 1. The third-order valence-corrected chi connectivity index (χ3v) is 4.40. The minimum absolute atomic E-state index is 0.222. The summed E-state index contributed by atoms with van der Waals surface area (Å²) in [5.41, 5.74) is 0. The first-order chi connectivity index (χ1) is 8.27. The molecule has 6 nitrogen and oxygen atoms in total. The van der Waals surface area contributed by atoms with Crippen molar-refractivity contribution in [1.82, 2.24) is 4.72 Å². The van der Waals surface area contributed by atoms with Crippen LogP contribution in [0.4, 0.5) is 0 Å². The van der Waals surface area contributed by atoms with Crippen molar-refractivity contribution in [2.45, 2.75) is 45.8 Å². The summed E-state index contributed by atoms with van der Waals surface area (Å²) in [6.45, 7) is 5.33. The van der Waals surface area contributed by atoms with Crippen LogP contribution in [0, 0.1) is 5.92 Å². The number of rotatable bonds is 9. The molecule has 0 bridgehead atoms. The lowest BCUT2D eigenvalue weighted by Crippen LogP contribution is -2.47. The van der Waals surface area contributed by atoms with E-state index in [1.165, 1.54) is 7.11 Å². The van der Waals surface area contributed by atoms with Gasteiger partial charge in [0.1, 0.15) is 6.04 Å². The number of carbonyl (C=O) groups is 1. The van der Waals surface area contributed by atoms with E-state index in [4.69, 9.17) is 9.84 Å². The minimum atomic E-state index is -3.66. The first-order valence-electron chi connectivity index (χ1n) is 6.02. The summed E-state index contributed by atoms with van der Waals surface area (Å²) in [4.78, 5) is 11.0. The molecule has 0 aliphatic rings. The highest BCUT2D eigenvalue weighted by atomic mass is 32.2. The third-order valence-electron chi connectivity index (χ3n) is 2.98. The lowest BCUT2D eigenvalue weighted by atomic mass is 10.0. The van der Waals surface area contributed by atoms with Gasteiger partial charge in [-0.3, -0.25) is 4.79 Å². The highest BCUT2D eigenvalue weighted by Gasteiger charge is 2.29. The highest BCUT2D eigenvalue weighted by Crippen LogP contribution is 2.10. The van der Waals surface area contributed by atoms with E-state index in [1.54, 1.807) is 6.92 Å². The van der Waals surface area contributed by atoms with Crippen LogP contribution in [0.5, 0.6) is 0 Å². The normalized spacial score (nSPS) is 17.1. The lowest BCUT2D eigenvalue weighted by molar-refractivity contribution is -0.140. The Bertz CT molecular complexity index is 350. The van der Waals surface area contributed by atoms with Crippen molar-refractivity contribution in [3.8, 4) is 0 Å². The third kappa shape index (κ3) is 5.79. The Hall–Kier alpha value is -0.660. The zero-order valence-corrected chi connectivity index (χ0v) is 12.2. The molecule has 0 saturated carbocycles. The minimum Gasteiger partial charge on any atom is -0.480 e. The van der Waals surface area contributed by atoms with Crippen LogP contribution in [0.1, 0.15) is 33.6 Å². The van der Waals surface area contributed by atoms with Gasteiger partial charge in [-0.15, -0.1) is 0 Å². The number of carboxylic acid groups (broad SMARTS) is 1. The molecular weight excluding hydrogens is 258 g/mol. The number of nitrogens with one attached hydrogen (secondary N) is 1. The van der Waals surface area contributed by atoms with E-state index < -0.39 is 28.1 Å². The summed E-state index contributed by atoms with van der Waals surface area (Å²) in [5, 5.41) is 9.03.